The van der Waals surface area contributed by atoms with Crippen LogP contribution in [0.4, 0.5) is 0 Å². The molecule has 4 rings (SSSR count). The summed E-state index contributed by atoms with van der Waals surface area (Å²) in [7, 11) is 0. The van der Waals surface area contributed by atoms with E-state index in [0.717, 1.165) is 22.6 Å². The van der Waals surface area contributed by atoms with E-state index in [1.165, 1.54) is 5.56 Å². The number of fused-ring (bicyclic) bond motifs is 1. The number of amides is 1. The van der Waals surface area contributed by atoms with Gasteiger partial charge in [-0.1, -0.05) is 29.8 Å². The molecule has 0 atom stereocenters. The Bertz CT molecular complexity index is 1030. The molecule has 2 N–H and O–H groups in total. The summed E-state index contributed by atoms with van der Waals surface area (Å²) < 4.78 is 1.89. The maximum Gasteiger partial charge on any atom is 0.269 e. The van der Waals surface area contributed by atoms with Gasteiger partial charge >= 0.3 is 0 Å². The van der Waals surface area contributed by atoms with E-state index in [9.17, 15) is 4.79 Å². The minimum atomic E-state index is -0.213. The Balaban J connectivity index is 1.47. The predicted molar refractivity (Wildman–Crippen MR) is 92.9 cm³/mol. The van der Waals surface area contributed by atoms with Crippen molar-refractivity contribution in [2.75, 3.05) is 0 Å². The van der Waals surface area contributed by atoms with Crippen LogP contribution in [0.3, 0.4) is 0 Å². The molecule has 3 heterocycles. The smallest absolute Gasteiger partial charge is 0.269 e. The second kappa shape index (κ2) is 6.20. The van der Waals surface area contributed by atoms with Gasteiger partial charge in [0.15, 0.2) is 5.65 Å². The van der Waals surface area contributed by atoms with E-state index in [2.05, 4.69) is 25.5 Å². The van der Waals surface area contributed by atoms with Gasteiger partial charge in [0.2, 0.25) is 0 Å². The summed E-state index contributed by atoms with van der Waals surface area (Å²) in [4.78, 5) is 20.6. The van der Waals surface area contributed by atoms with Crippen LogP contribution >= 0.6 is 0 Å². The van der Waals surface area contributed by atoms with Crippen molar-refractivity contribution >= 4 is 11.6 Å². The maximum atomic E-state index is 12.4. The van der Waals surface area contributed by atoms with Gasteiger partial charge in [-0.25, -0.2) is 4.98 Å². The van der Waals surface area contributed by atoms with Crippen molar-refractivity contribution in [3.05, 3.63) is 72.1 Å². The van der Waals surface area contributed by atoms with Crippen molar-refractivity contribution < 1.29 is 4.79 Å². The van der Waals surface area contributed by atoms with E-state index in [-0.39, 0.29) is 5.91 Å². The molecule has 25 heavy (non-hydrogen) atoms. The van der Waals surface area contributed by atoms with Crippen LogP contribution in [-0.2, 0) is 6.54 Å². The number of rotatable bonds is 4. The van der Waals surface area contributed by atoms with Gasteiger partial charge in [0.25, 0.3) is 5.91 Å². The molecule has 0 unspecified atom stereocenters. The second-order valence-electron chi connectivity index (χ2n) is 5.77. The van der Waals surface area contributed by atoms with Crippen molar-refractivity contribution in [3.8, 4) is 11.3 Å². The number of H-pyrrole nitrogens is 1. The van der Waals surface area contributed by atoms with Crippen molar-refractivity contribution in [1.29, 1.82) is 0 Å². The van der Waals surface area contributed by atoms with Gasteiger partial charge in [0, 0.05) is 18.0 Å². The number of aromatic amines is 1. The van der Waals surface area contributed by atoms with Crippen molar-refractivity contribution in [3.63, 3.8) is 0 Å². The Labute approximate surface area is 143 Å². The molecule has 7 nitrogen and oxygen atoms in total. The Morgan fingerprint density at radius 1 is 1.24 bits per heavy atom. The van der Waals surface area contributed by atoms with Crippen molar-refractivity contribution in [1.82, 2.24) is 29.9 Å². The third kappa shape index (κ3) is 2.99. The summed E-state index contributed by atoms with van der Waals surface area (Å²) in [6.07, 6.45) is 6.90. The van der Waals surface area contributed by atoms with Crippen LogP contribution in [0.15, 0.2) is 55.1 Å². The highest BCUT2D eigenvalue weighted by molar-refractivity contribution is 5.93. The monoisotopic (exact) mass is 332 g/mol. The van der Waals surface area contributed by atoms with E-state index in [1.54, 1.807) is 24.7 Å². The second-order valence-corrected chi connectivity index (χ2v) is 5.77. The van der Waals surface area contributed by atoms with Crippen molar-refractivity contribution in [2.45, 2.75) is 13.5 Å². The fourth-order valence-electron chi connectivity index (χ4n) is 2.60. The van der Waals surface area contributed by atoms with Crippen LogP contribution in [0, 0.1) is 6.92 Å². The molecule has 4 aromatic rings. The Kier molecular flexibility index (Phi) is 3.74. The van der Waals surface area contributed by atoms with Gasteiger partial charge in [-0.05, 0) is 13.0 Å². The molecule has 1 amide bonds. The molecule has 0 fully saturated rings. The van der Waals surface area contributed by atoms with Gasteiger partial charge in [0.1, 0.15) is 5.69 Å². The minimum absolute atomic E-state index is 0.213. The molecule has 0 saturated heterocycles. The van der Waals surface area contributed by atoms with Crippen LogP contribution in [0.25, 0.3) is 16.9 Å². The normalized spacial score (nSPS) is 10.9. The lowest BCUT2D eigenvalue weighted by Crippen LogP contribution is -2.23. The molecular weight excluding hydrogens is 316 g/mol. The number of hydrogen-bond donors (Lipinski definition) is 2. The summed E-state index contributed by atoms with van der Waals surface area (Å²) >= 11 is 0. The number of carbonyl (C=O) groups is 1. The largest absolute Gasteiger partial charge is 0.345 e. The topological polar surface area (TPSA) is 88.0 Å². The zero-order chi connectivity index (χ0) is 17.2. The van der Waals surface area contributed by atoms with E-state index in [0.29, 0.717) is 12.2 Å². The van der Waals surface area contributed by atoms with Crippen LogP contribution in [0.5, 0.6) is 0 Å². The molecule has 0 saturated carbocycles. The SMILES string of the molecule is Cc1ccc(-c2cc(C(=O)NCc3cnc4cnccn34)[nH]n2)cc1. The first-order valence-electron chi connectivity index (χ1n) is 7.87. The van der Waals surface area contributed by atoms with Gasteiger partial charge in [-0.2, -0.15) is 5.10 Å². The molecule has 0 bridgehead atoms. The highest BCUT2D eigenvalue weighted by Gasteiger charge is 2.12. The van der Waals surface area contributed by atoms with Crippen LogP contribution < -0.4 is 5.32 Å². The van der Waals surface area contributed by atoms with Gasteiger partial charge in [-0.3, -0.25) is 19.3 Å². The maximum absolute atomic E-state index is 12.4. The first-order chi connectivity index (χ1) is 12.2. The third-order valence-electron chi connectivity index (χ3n) is 3.99. The number of imidazole rings is 1. The van der Waals surface area contributed by atoms with E-state index in [1.807, 2.05) is 41.8 Å². The summed E-state index contributed by atoms with van der Waals surface area (Å²) in [5, 5.41) is 9.89. The summed E-state index contributed by atoms with van der Waals surface area (Å²) in [5.74, 6) is -0.213. The van der Waals surface area contributed by atoms with Crippen LogP contribution in [0.1, 0.15) is 21.7 Å². The fourth-order valence-corrected chi connectivity index (χ4v) is 2.60. The Hall–Kier alpha value is -3.48. The lowest BCUT2D eigenvalue weighted by Gasteiger charge is -2.03. The van der Waals surface area contributed by atoms with E-state index < -0.39 is 0 Å². The molecule has 7 heteroatoms. The Morgan fingerprint density at radius 3 is 2.92 bits per heavy atom. The molecule has 0 aliphatic heterocycles. The number of benzene rings is 1. The minimum Gasteiger partial charge on any atom is -0.345 e. The number of aromatic nitrogens is 5. The highest BCUT2D eigenvalue weighted by atomic mass is 16.1. The number of aryl methyl sites for hydroxylation is 1. The number of nitrogens with zero attached hydrogens (tertiary/aromatic N) is 4. The average Bonchev–Trinajstić information content (AvgIpc) is 3.28. The lowest BCUT2D eigenvalue weighted by atomic mass is 10.1. The molecular formula is C18H16N6O. The van der Waals surface area contributed by atoms with Gasteiger partial charge in [0.05, 0.1) is 30.3 Å². The third-order valence-corrected chi connectivity index (χ3v) is 3.99. The molecule has 1 aromatic carbocycles. The first kappa shape index (κ1) is 15.1. The van der Waals surface area contributed by atoms with Gasteiger partial charge < -0.3 is 5.32 Å². The Morgan fingerprint density at radius 2 is 2.08 bits per heavy atom. The number of carbonyl (C=O) groups excluding carboxylic acids is 1. The number of hydrogen-bond acceptors (Lipinski definition) is 4. The molecule has 0 aliphatic rings. The van der Waals surface area contributed by atoms with Crippen LogP contribution in [0.2, 0.25) is 0 Å². The molecule has 3 aromatic heterocycles. The van der Waals surface area contributed by atoms with E-state index in [4.69, 9.17) is 0 Å². The fraction of sp³-hybridized carbons (Fsp3) is 0.111. The molecule has 124 valence electrons. The zero-order valence-corrected chi connectivity index (χ0v) is 13.6. The molecule has 0 aliphatic carbocycles. The first-order valence-corrected chi connectivity index (χ1v) is 7.87. The quantitative estimate of drug-likeness (QED) is 0.600. The van der Waals surface area contributed by atoms with Crippen LogP contribution in [-0.4, -0.2) is 30.5 Å². The van der Waals surface area contributed by atoms with Crippen molar-refractivity contribution in [2.24, 2.45) is 0 Å². The highest BCUT2D eigenvalue weighted by Crippen LogP contribution is 2.18. The van der Waals surface area contributed by atoms with Gasteiger partial charge in [-0.15, -0.1) is 0 Å². The molecule has 0 radical (unpaired) electrons. The average molecular weight is 332 g/mol. The van der Waals surface area contributed by atoms with E-state index >= 15 is 0 Å². The summed E-state index contributed by atoms with van der Waals surface area (Å²) in [6.45, 7) is 2.40. The predicted octanol–water partition coefficient (Wildman–Crippen LogP) is 2.36. The molecule has 0 spiro atoms. The summed E-state index contributed by atoms with van der Waals surface area (Å²) in [6, 6.07) is 9.75. The summed E-state index contributed by atoms with van der Waals surface area (Å²) in [5.41, 5.74) is 4.94. The zero-order valence-electron chi connectivity index (χ0n) is 13.6. The standard InChI is InChI=1S/C18H16N6O/c1-12-2-4-13(5-3-12)15-8-16(23-22-15)18(25)21-10-14-9-20-17-11-19-6-7-24(14)17/h2-9,11H,10H2,1H3,(H,21,25)(H,22,23). The number of nitrogens with one attached hydrogen (secondary N) is 2. The lowest BCUT2D eigenvalue weighted by molar-refractivity contribution is 0.0945.